The van der Waals surface area contributed by atoms with Crippen molar-refractivity contribution in [2.45, 2.75) is 32.2 Å². The van der Waals surface area contributed by atoms with E-state index in [1.165, 1.54) is 0 Å². The van der Waals surface area contributed by atoms with Gasteiger partial charge in [-0.3, -0.25) is 0 Å². The summed E-state index contributed by atoms with van der Waals surface area (Å²) in [6.07, 6.45) is 0. The van der Waals surface area contributed by atoms with Crippen LogP contribution in [0.5, 0.6) is 5.75 Å². The van der Waals surface area contributed by atoms with Gasteiger partial charge in [-0.25, -0.2) is 13.1 Å². The second-order valence-corrected chi connectivity index (χ2v) is 11.7. The average Bonchev–Trinajstić information content (AvgIpc) is 3.20. The fourth-order valence-corrected chi connectivity index (χ4v) is 6.12. The standard InChI is InChI=1S/C27H37N5O3S/c1-21(2)19-31(36(33,34)25-13-11-24(35-5)12-14-25)20-26-22(3)28-32(23-9-7-6-8-10-23)27(26)30-17-15-29(4)16-18-30/h6-14,21H,15-20H2,1-5H3. The van der Waals surface area contributed by atoms with Crippen molar-refractivity contribution in [2.24, 2.45) is 5.92 Å². The molecule has 0 N–H and O–H groups in total. The van der Waals surface area contributed by atoms with Crippen LogP contribution in [0.1, 0.15) is 25.1 Å². The van der Waals surface area contributed by atoms with Crippen molar-refractivity contribution in [3.05, 3.63) is 65.9 Å². The molecule has 2 aromatic carbocycles. The van der Waals surface area contributed by atoms with E-state index in [4.69, 9.17) is 9.84 Å². The van der Waals surface area contributed by atoms with Crippen LogP contribution in [0.25, 0.3) is 5.69 Å². The SMILES string of the molecule is COc1ccc(S(=O)(=O)N(Cc2c(C)nn(-c3ccccc3)c2N2CCN(C)CC2)CC(C)C)cc1. The highest BCUT2D eigenvalue weighted by Crippen LogP contribution is 2.31. The fraction of sp³-hybridized carbons (Fsp3) is 0.444. The molecule has 1 aromatic heterocycles. The minimum Gasteiger partial charge on any atom is -0.497 e. The van der Waals surface area contributed by atoms with Gasteiger partial charge in [0.1, 0.15) is 11.6 Å². The van der Waals surface area contributed by atoms with Gasteiger partial charge in [0.25, 0.3) is 0 Å². The Morgan fingerprint density at radius 2 is 1.64 bits per heavy atom. The van der Waals surface area contributed by atoms with Gasteiger partial charge >= 0.3 is 0 Å². The number of likely N-dealkylation sites (N-methyl/N-ethyl adjacent to an activating group) is 1. The van der Waals surface area contributed by atoms with Crippen LogP contribution in [0.3, 0.4) is 0 Å². The number of aromatic nitrogens is 2. The summed E-state index contributed by atoms with van der Waals surface area (Å²) in [5.41, 5.74) is 2.75. The van der Waals surface area contributed by atoms with E-state index in [0.29, 0.717) is 12.3 Å². The van der Waals surface area contributed by atoms with Crippen molar-refractivity contribution in [2.75, 3.05) is 51.8 Å². The van der Waals surface area contributed by atoms with Gasteiger partial charge in [0.05, 0.1) is 23.4 Å². The van der Waals surface area contributed by atoms with Crippen LogP contribution in [0.4, 0.5) is 5.82 Å². The van der Waals surface area contributed by atoms with Crippen molar-refractivity contribution in [1.82, 2.24) is 19.0 Å². The van der Waals surface area contributed by atoms with Crippen LogP contribution < -0.4 is 9.64 Å². The number of hydrogen-bond donors (Lipinski definition) is 0. The smallest absolute Gasteiger partial charge is 0.243 e. The Balaban J connectivity index is 1.78. The average molecular weight is 512 g/mol. The molecule has 4 rings (SSSR count). The molecule has 3 aromatic rings. The molecule has 2 heterocycles. The molecular weight excluding hydrogens is 474 g/mol. The molecule has 0 aliphatic carbocycles. The normalized spacial score (nSPS) is 15.1. The maximum absolute atomic E-state index is 13.8. The number of rotatable bonds is 9. The van der Waals surface area contributed by atoms with Crippen molar-refractivity contribution < 1.29 is 13.2 Å². The second-order valence-electron chi connectivity index (χ2n) is 9.79. The molecule has 0 amide bonds. The quantitative estimate of drug-likeness (QED) is 0.435. The zero-order valence-electron chi connectivity index (χ0n) is 21.9. The number of anilines is 1. The number of aryl methyl sites for hydroxylation is 1. The number of para-hydroxylation sites is 1. The summed E-state index contributed by atoms with van der Waals surface area (Å²) >= 11 is 0. The predicted molar refractivity (Wildman–Crippen MR) is 143 cm³/mol. The largest absolute Gasteiger partial charge is 0.497 e. The highest BCUT2D eigenvalue weighted by molar-refractivity contribution is 7.89. The lowest BCUT2D eigenvalue weighted by molar-refractivity contribution is 0.310. The summed E-state index contributed by atoms with van der Waals surface area (Å²) in [6, 6.07) is 16.7. The van der Waals surface area contributed by atoms with Gasteiger partial charge in [-0.15, -0.1) is 0 Å². The molecule has 1 saturated heterocycles. The zero-order valence-corrected chi connectivity index (χ0v) is 22.7. The van der Waals surface area contributed by atoms with E-state index in [-0.39, 0.29) is 17.4 Å². The second kappa shape index (κ2) is 11.0. The van der Waals surface area contributed by atoms with Gasteiger partial charge in [-0.1, -0.05) is 32.0 Å². The molecule has 0 unspecified atom stereocenters. The van der Waals surface area contributed by atoms with E-state index in [2.05, 4.69) is 16.8 Å². The molecular formula is C27H37N5O3S. The molecule has 194 valence electrons. The number of methoxy groups -OCH3 is 1. The summed E-state index contributed by atoms with van der Waals surface area (Å²) in [5.74, 6) is 1.77. The van der Waals surface area contributed by atoms with Gasteiger partial charge in [0, 0.05) is 44.8 Å². The Hall–Kier alpha value is -2.88. The Kier molecular flexibility index (Phi) is 8.02. The number of benzene rings is 2. The van der Waals surface area contributed by atoms with Crippen LogP contribution in [-0.4, -0.2) is 74.3 Å². The molecule has 0 radical (unpaired) electrons. The summed E-state index contributed by atoms with van der Waals surface area (Å²) in [4.78, 5) is 4.92. The third kappa shape index (κ3) is 5.58. The van der Waals surface area contributed by atoms with Gasteiger partial charge in [-0.2, -0.15) is 9.40 Å². The zero-order chi connectivity index (χ0) is 25.9. The fourth-order valence-electron chi connectivity index (χ4n) is 4.55. The minimum absolute atomic E-state index is 0.162. The first kappa shape index (κ1) is 26.2. The topological polar surface area (TPSA) is 70.9 Å². The van der Waals surface area contributed by atoms with E-state index in [1.54, 1.807) is 35.7 Å². The van der Waals surface area contributed by atoms with Crippen LogP contribution in [0.2, 0.25) is 0 Å². The number of nitrogens with zero attached hydrogens (tertiary/aromatic N) is 5. The van der Waals surface area contributed by atoms with Gasteiger partial charge in [-0.05, 0) is 56.3 Å². The molecule has 0 atom stereocenters. The van der Waals surface area contributed by atoms with E-state index in [0.717, 1.165) is 48.9 Å². The van der Waals surface area contributed by atoms with E-state index < -0.39 is 10.0 Å². The number of ether oxygens (including phenoxy) is 1. The van der Waals surface area contributed by atoms with Crippen molar-refractivity contribution in [3.8, 4) is 11.4 Å². The summed E-state index contributed by atoms with van der Waals surface area (Å²) < 4.78 is 36.5. The van der Waals surface area contributed by atoms with Crippen LogP contribution in [0.15, 0.2) is 59.5 Å². The van der Waals surface area contributed by atoms with Gasteiger partial charge in [0.15, 0.2) is 0 Å². The lowest BCUT2D eigenvalue weighted by Gasteiger charge is -2.35. The number of piperazine rings is 1. The third-order valence-corrected chi connectivity index (χ3v) is 8.39. The Morgan fingerprint density at radius 1 is 1.00 bits per heavy atom. The summed E-state index contributed by atoms with van der Waals surface area (Å²) in [6.45, 7) is 10.3. The summed E-state index contributed by atoms with van der Waals surface area (Å²) in [7, 11) is -0.0339. The molecule has 0 bridgehead atoms. The maximum Gasteiger partial charge on any atom is 0.243 e. The molecule has 8 nitrogen and oxygen atoms in total. The Morgan fingerprint density at radius 3 is 2.22 bits per heavy atom. The van der Waals surface area contributed by atoms with E-state index in [1.807, 2.05) is 55.8 Å². The minimum atomic E-state index is -3.73. The van der Waals surface area contributed by atoms with Crippen molar-refractivity contribution in [3.63, 3.8) is 0 Å². The molecule has 36 heavy (non-hydrogen) atoms. The number of hydrogen-bond acceptors (Lipinski definition) is 6. The van der Waals surface area contributed by atoms with Crippen molar-refractivity contribution in [1.29, 1.82) is 0 Å². The van der Waals surface area contributed by atoms with Crippen LogP contribution >= 0.6 is 0 Å². The van der Waals surface area contributed by atoms with E-state index >= 15 is 0 Å². The van der Waals surface area contributed by atoms with Gasteiger partial charge in [0.2, 0.25) is 10.0 Å². The molecule has 1 aliphatic rings. The van der Waals surface area contributed by atoms with Gasteiger partial charge < -0.3 is 14.5 Å². The van der Waals surface area contributed by atoms with Crippen molar-refractivity contribution >= 4 is 15.8 Å². The third-order valence-electron chi connectivity index (χ3n) is 6.56. The highest BCUT2D eigenvalue weighted by Gasteiger charge is 2.31. The molecule has 0 spiro atoms. The molecule has 1 fully saturated rings. The molecule has 0 saturated carbocycles. The molecule has 9 heteroatoms. The first-order chi connectivity index (χ1) is 17.2. The number of sulfonamides is 1. The van der Waals surface area contributed by atoms with Crippen LogP contribution in [-0.2, 0) is 16.6 Å². The first-order valence-electron chi connectivity index (χ1n) is 12.4. The maximum atomic E-state index is 13.8. The predicted octanol–water partition coefficient (Wildman–Crippen LogP) is 3.79. The molecule has 1 aliphatic heterocycles. The Bertz CT molecular complexity index is 1250. The lowest BCUT2D eigenvalue weighted by atomic mass is 10.2. The van der Waals surface area contributed by atoms with Crippen LogP contribution in [0, 0.1) is 12.8 Å². The summed E-state index contributed by atoms with van der Waals surface area (Å²) in [5, 5.41) is 4.91. The monoisotopic (exact) mass is 511 g/mol. The first-order valence-corrected chi connectivity index (χ1v) is 13.9. The highest BCUT2D eigenvalue weighted by atomic mass is 32.2. The van der Waals surface area contributed by atoms with E-state index in [9.17, 15) is 8.42 Å². The lowest BCUT2D eigenvalue weighted by Crippen LogP contribution is -2.45. The Labute approximate surface area is 215 Å².